The summed E-state index contributed by atoms with van der Waals surface area (Å²) in [5.41, 5.74) is 4.40. The lowest BCUT2D eigenvalue weighted by atomic mass is 9.91. The van der Waals surface area contributed by atoms with Crippen molar-refractivity contribution in [2.75, 3.05) is 56.2 Å². The number of likely N-dealkylation sites (N-methyl/N-ethyl adjacent to an activating group) is 1. The van der Waals surface area contributed by atoms with E-state index in [0.29, 0.717) is 44.8 Å². The van der Waals surface area contributed by atoms with Crippen LogP contribution in [0.1, 0.15) is 43.0 Å². The number of benzene rings is 1. The molecule has 10 nitrogen and oxygen atoms in total. The molecule has 4 heterocycles. The highest BCUT2D eigenvalue weighted by Gasteiger charge is 2.35. The average molecular weight is 595 g/mol. The fourth-order valence-corrected chi connectivity index (χ4v) is 6.74. The van der Waals surface area contributed by atoms with Gasteiger partial charge in [-0.3, -0.25) is 14.7 Å². The second kappa shape index (κ2) is 12.8. The Labute approximate surface area is 260 Å². The van der Waals surface area contributed by atoms with Crippen molar-refractivity contribution in [3.63, 3.8) is 0 Å². The molecule has 1 amide bonds. The Morgan fingerprint density at radius 2 is 2.07 bits per heavy atom. The lowest BCUT2D eigenvalue weighted by Crippen LogP contribution is -2.56. The number of fused-ring (bicyclic) bond motifs is 2. The van der Waals surface area contributed by atoms with Gasteiger partial charge in [0.05, 0.1) is 24.1 Å². The van der Waals surface area contributed by atoms with Gasteiger partial charge in [0.15, 0.2) is 0 Å². The second-order valence-electron chi connectivity index (χ2n) is 12.3. The number of amides is 1. The van der Waals surface area contributed by atoms with Gasteiger partial charge >= 0.3 is 6.01 Å². The normalized spacial score (nSPS) is 19.3. The summed E-state index contributed by atoms with van der Waals surface area (Å²) in [5, 5.41) is 2.35. The first-order chi connectivity index (χ1) is 21.4. The summed E-state index contributed by atoms with van der Waals surface area (Å²) in [4.78, 5) is 39.6. The second-order valence-corrected chi connectivity index (χ2v) is 12.3. The van der Waals surface area contributed by atoms with Crippen LogP contribution < -0.4 is 14.5 Å². The van der Waals surface area contributed by atoms with E-state index in [0.717, 1.165) is 41.1 Å². The number of ether oxygens (including phenoxy) is 1. The third-order valence-corrected chi connectivity index (χ3v) is 9.68. The molecule has 44 heavy (non-hydrogen) atoms. The van der Waals surface area contributed by atoms with Crippen LogP contribution in [0.25, 0.3) is 15.6 Å². The van der Waals surface area contributed by atoms with Crippen molar-refractivity contribution in [3.05, 3.63) is 71.5 Å². The van der Waals surface area contributed by atoms with Crippen molar-refractivity contribution < 1.29 is 9.53 Å². The first-order valence-electron chi connectivity index (χ1n) is 15.7. The van der Waals surface area contributed by atoms with Crippen LogP contribution in [0, 0.1) is 13.5 Å². The molecule has 1 aliphatic carbocycles. The molecule has 2 atom stereocenters. The largest absolute Gasteiger partial charge is 0.462 e. The molecule has 3 aromatic rings. The summed E-state index contributed by atoms with van der Waals surface area (Å²) in [6.45, 7) is 19.4. The van der Waals surface area contributed by atoms with Crippen LogP contribution in [-0.2, 0) is 17.8 Å². The Hall–Kier alpha value is -4.23. The van der Waals surface area contributed by atoms with E-state index < -0.39 is 0 Å². The van der Waals surface area contributed by atoms with Crippen LogP contribution in [0.4, 0.5) is 11.5 Å². The number of aryl methyl sites for hydroxylation is 1. The zero-order valence-corrected chi connectivity index (χ0v) is 26.1. The summed E-state index contributed by atoms with van der Waals surface area (Å²) in [5.74, 6) is 0.726. The minimum Gasteiger partial charge on any atom is -0.462 e. The third kappa shape index (κ3) is 5.81. The standard InChI is InChI=1S/C34H42N8O2/c1-6-31(43)42-16-15-41(20-27(42)18-35-4)33-28-13-14-40(30-19-36-17-25-10-7-9-23(2)32(25)30)21-29(28)37-34(38-33)44-22-24(3)39(5)26-11-8-12-26/h6-7,9-10,17,19,24,26-27H,1,8,11-16,18,20-22H2,2-3,5H3/t24-,27-/m0/s1. The predicted molar refractivity (Wildman–Crippen MR) is 173 cm³/mol. The number of aromatic nitrogens is 3. The molecule has 0 N–H and O–H groups in total. The highest BCUT2D eigenvalue weighted by Crippen LogP contribution is 2.35. The van der Waals surface area contributed by atoms with Crippen LogP contribution in [0.2, 0.25) is 0 Å². The minimum absolute atomic E-state index is 0.133. The van der Waals surface area contributed by atoms with Gasteiger partial charge in [-0.25, -0.2) is 6.57 Å². The van der Waals surface area contributed by atoms with E-state index in [-0.39, 0.29) is 24.5 Å². The Morgan fingerprint density at radius 1 is 1.23 bits per heavy atom. The van der Waals surface area contributed by atoms with Gasteiger partial charge < -0.3 is 24.3 Å². The number of hydrogen-bond donors (Lipinski definition) is 0. The van der Waals surface area contributed by atoms with E-state index in [4.69, 9.17) is 21.3 Å². The molecule has 0 unspecified atom stereocenters. The van der Waals surface area contributed by atoms with E-state index in [9.17, 15) is 4.79 Å². The molecule has 0 bridgehead atoms. The SMILES string of the molecule is [C-]#[N+]C[C@H]1CN(c2nc(OC[C@H](C)N(C)C3CCC3)nc3c2CCN(c2cncc4cccc(C)c24)C3)CCN1C(=O)C=C. The molecule has 6 rings (SSSR count). The minimum atomic E-state index is -0.234. The van der Waals surface area contributed by atoms with E-state index >= 15 is 0 Å². The van der Waals surface area contributed by atoms with Gasteiger partial charge in [-0.2, -0.15) is 9.97 Å². The number of pyridine rings is 1. The van der Waals surface area contributed by atoms with E-state index in [1.807, 2.05) is 12.4 Å². The fraction of sp³-hybridized carbons (Fsp3) is 0.500. The molecule has 10 heteroatoms. The maximum Gasteiger partial charge on any atom is 0.318 e. The van der Waals surface area contributed by atoms with Crippen molar-refractivity contribution in [1.29, 1.82) is 0 Å². The summed E-state index contributed by atoms with van der Waals surface area (Å²) in [6.07, 6.45) is 9.77. The summed E-state index contributed by atoms with van der Waals surface area (Å²) < 4.78 is 6.34. The number of hydrogen-bond acceptors (Lipinski definition) is 8. The number of piperazine rings is 1. The van der Waals surface area contributed by atoms with Gasteiger partial charge in [-0.15, -0.1) is 0 Å². The zero-order valence-electron chi connectivity index (χ0n) is 26.1. The molecule has 0 radical (unpaired) electrons. The van der Waals surface area contributed by atoms with E-state index in [1.165, 1.54) is 36.3 Å². The molecule has 1 saturated heterocycles. The Balaban J connectivity index is 1.32. The number of rotatable bonds is 9. The van der Waals surface area contributed by atoms with Gasteiger partial charge in [0.1, 0.15) is 18.5 Å². The van der Waals surface area contributed by atoms with Crippen LogP contribution in [0.3, 0.4) is 0 Å². The maximum absolute atomic E-state index is 12.6. The highest BCUT2D eigenvalue weighted by atomic mass is 16.5. The zero-order chi connectivity index (χ0) is 30.8. The van der Waals surface area contributed by atoms with E-state index in [2.05, 4.69) is 70.2 Å². The number of anilines is 2. The first-order valence-corrected chi connectivity index (χ1v) is 15.7. The first kappa shape index (κ1) is 29.8. The average Bonchev–Trinajstić information content (AvgIpc) is 3.01. The molecule has 2 aromatic heterocycles. The van der Waals surface area contributed by atoms with Crippen molar-refractivity contribution in [1.82, 2.24) is 24.8 Å². The molecule has 1 aromatic carbocycles. The van der Waals surface area contributed by atoms with Gasteiger partial charge in [0.2, 0.25) is 12.5 Å². The fourth-order valence-electron chi connectivity index (χ4n) is 6.74. The molecule has 230 valence electrons. The highest BCUT2D eigenvalue weighted by molar-refractivity contribution is 5.96. The van der Waals surface area contributed by atoms with Crippen LogP contribution >= 0.6 is 0 Å². The van der Waals surface area contributed by atoms with Crippen molar-refractivity contribution >= 4 is 28.2 Å². The van der Waals surface area contributed by atoms with Gasteiger partial charge in [-0.1, -0.05) is 31.2 Å². The molecule has 1 saturated carbocycles. The molecular weight excluding hydrogens is 552 g/mol. The Kier molecular flexibility index (Phi) is 8.67. The Bertz CT molecular complexity index is 1580. The van der Waals surface area contributed by atoms with E-state index in [1.54, 1.807) is 4.90 Å². The maximum atomic E-state index is 12.6. The van der Waals surface area contributed by atoms with Gasteiger partial charge in [0.25, 0.3) is 0 Å². The van der Waals surface area contributed by atoms with Crippen LogP contribution in [0.5, 0.6) is 6.01 Å². The molecule has 0 spiro atoms. The summed E-state index contributed by atoms with van der Waals surface area (Å²) in [6, 6.07) is 7.34. The van der Waals surface area contributed by atoms with Crippen molar-refractivity contribution in [2.24, 2.45) is 0 Å². The van der Waals surface area contributed by atoms with Crippen LogP contribution in [0.15, 0.2) is 43.2 Å². The lowest BCUT2D eigenvalue weighted by molar-refractivity contribution is -0.128. The van der Waals surface area contributed by atoms with Crippen LogP contribution in [-0.4, -0.2) is 95.2 Å². The predicted octanol–water partition coefficient (Wildman–Crippen LogP) is 4.27. The van der Waals surface area contributed by atoms with Gasteiger partial charge in [-0.05, 0) is 51.8 Å². The molecule has 2 aliphatic heterocycles. The monoisotopic (exact) mass is 594 g/mol. The summed E-state index contributed by atoms with van der Waals surface area (Å²) in [7, 11) is 2.18. The van der Waals surface area contributed by atoms with Crippen molar-refractivity contribution in [2.45, 2.75) is 64.2 Å². The lowest BCUT2D eigenvalue weighted by Gasteiger charge is -2.41. The smallest absolute Gasteiger partial charge is 0.318 e. The summed E-state index contributed by atoms with van der Waals surface area (Å²) >= 11 is 0. The molecule has 2 fully saturated rings. The topological polar surface area (TPSA) is 82.3 Å². The number of nitrogens with zero attached hydrogens (tertiary/aromatic N) is 8. The quantitative estimate of drug-likeness (QED) is 0.269. The van der Waals surface area contributed by atoms with Crippen molar-refractivity contribution in [3.8, 4) is 6.01 Å². The number of carbonyl (C=O) groups excluding carboxylic acids is 1. The molecule has 3 aliphatic rings. The third-order valence-electron chi connectivity index (χ3n) is 9.68. The number of carbonyl (C=O) groups is 1. The Morgan fingerprint density at radius 3 is 2.82 bits per heavy atom. The van der Waals surface area contributed by atoms with Gasteiger partial charge in [0, 0.05) is 60.8 Å². The molecular formula is C34H42N8O2.